The number of halogens is 3. The maximum Gasteiger partial charge on any atom is 0.513 e. The first-order chi connectivity index (χ1) is 8.34. The Bertz CT molecular complexity index is 393. The third-order valence-corrected chi connectivity index (χ3v) is 2.57. The van der Waals surface area contributed by atoms with E-state index >= 15 is 0 Å². The maximum absolute atomic E-state index is 12.9. The number of hydrogen-bond donors (Lipinski definition) is 0. The molecule has 1 aromatic rings. The van der Waals surface area contributed by atoms with Gasteiger partial charge in [-0.3, -0.25) is 0 Å². The zero-order valence-electron chi connectivity index (χ0n) is 10.8. The monoisotopic (exact) mass is 261 g/mol. The lowest BCUT2D eigenvalue weighted by Crippen LogP contribution is -2.36. The average Bonchev–Trinajstić information content (AvgIpc) is 2.27. The van der Waals surface area contributed by atoms with Gasteiger partial charge in [0, 0.05) is 20.1 Å². The van der Waals surface area contributed by atoms with Crippen LogP contribution in [-0.2, 0) is 4.74 Å². The van der Waals surface area contributed by atoms with E-state index in [1.165, 1.54) is 6.07 Å². The molecule has 1 unspecified atom stereocenters. The van der Waals surface area contributed by atoms with Crippen LogP contribution in [-0.4, -0.2) is 26.8 Å². The summed E-state index contributed by atoms with van der Waals surface area (Å²) in [4.78, 5) is 0. The predicted octanol–water partition coefficient (Wildman–Crippen LogP) is 2.85. The van der Waals surface area contributed by atoms with Gasteiger partial charge in [-0.15, -0.1) is 0 Å². The van der Waals surface area contributed by atoms with E-state index in [-0.39, 0.29) is 11.9 Å². The molecule has 0 aromatic heterocycles. The summed E-state index contributed by atoms with van der Waals surface area (Å²) in [7, 11) is 1.54. The summed E-state index contributed by atoms with van der Waals surface area (Å²) < 4.78 is 48.9. The lowest BCUT2D eigenvalue weighted by Gasteiger charge is -2.23. The van der Waals surface area contributed by atoms with Crippen molar-refractivity contribution in [3.8, 4) is 5.75 Å². The Morgan fingerprint density at radius 2 is 1.94 bits per heavy atom. The molecule has 102 valence electrons. The summed E-state index contributed by atoms with van der Waals surface area (Å²) in [6.45, 7) is -1.24. The van der Waals surface area contributed by atoms with E-state index in [1.807, 2.05) is 0 Å². The maximum atomic E-state index is 12.9. The van der Waals surface area contributed by atoms with Gasteiger partial charge in [0.15, 0.2) is 0 Å². The first-order valence-electron chi connectivity index (χ1n) is 5.80. The Labute approximate surface area is 105 Å². The van der Waals surface area contributed by atoms with E-state index in [1.54, 1.807) is 27.0 Å². The van der Waals surface area contributed by atoms with Gasteiger partial charge in [-0.25, -0.2) is 0 Å². The molecule has 0 radical (unpaired) electrons. The van der Waals surface area contributed by atoms with Gasteiger partial charge in [0.1, 0.15) is 0 Å². The molecule has 6 heteroatoms. The van der Waals surface area contributed by atoms with Crippen LogP contribution in [0.1, 0.15) is 18.9 Å². The number of benzene rings is 1. The second-order valence-corrected chi connectivity index (χ2v) is 4.33. The second-order valence-electron chi connectivity index (χ2n) is 4.33. The molecular formula is C12H17BF3O2-. The topological polar surface area (TPSA) is 18.5 Å². The van der Waals surface area contributed by atoms with Crippen LogP contribution >= 0.6 is 0 Å². The fourth-order valence-corrected chi connectivity index (χ4v) is 1.59. The highest BCUT2D eigenvalue weighted by atomic mass is 19.4. The zero-order valence-corrected chi connectivity index (χ0v) is 10.8. The Kier molecular flexibility index (Phi) is 5.08. The van der Waals surface area contributed by atoms with Crippen LogP contribution in [0.3, 0.4) is 0 Å². The number of aryl methyl sites for hydroxylation is 1. The molecule has 0 saturated heterocycles. The summed E-state index contributed by atoms with van der Waals surface area (Å²) in [5, 5.41) is 0. The van der Waals surface area contributed by atoms with Crippen LogP contribution < -0.4 is 10.2 Å². The van der Waals surface area contributed by atoms with Crippen LogP contribution in [0, 0.1) is 6.92 Å². The molecule has 1 rings (SSSR count). The average molecular weight is 261 g/mol. The largest absolute Gasteiger partial charge is 0.513 e. The molecule has 18 heavy (non-hydrogen) atoms. The highest BCUT2D eigenvalue weighted by Crippen LogP contribution is 2.20. The number of hydrogen-bond acceptors (Lipinski definition) is 2. The normalized spacial score (nSPS) is 13.4. The molecule has 1 aromatic carbocycles. The Morgan fingerprint density at radius 1 is 1.28 bits per heavy atom. The minimum Gasteiger partial charge on any atom is -0.494 e. The lowest BCUT2D eigenvalue weighted by atomic mass is 9.78. The third kappa shape index (κ3) is 4.25. The molecule has 0 aliphatic rings. The van der Waals surface area contributed by atoms with Gasteiger partial charge >= 0.3 is 6.98 Å². The summed E-state index contributed by atoms with van der Waals surface area (Å²) >= 11 is 0. The minimum absolute atomic E-state index is 0.100. The summed E-state index contributed by atoms with van der Waals surface area (Å²) in [6.07, 6.45) is 0.235. The molecule has 0 fully saturated rings. The van der Waals surface area contributed by atoms with Gasteiger partial charge in [0.2, 0.25) is 0 Å². The van der Waals surface area contributed by atoms with Crippen LogP contribution in [0.15, 0.2) is 18.2 Å². The Morgan fingerprint density at radius 3 is 2.50 bits per heavy atom. The quantitative estimate of drug-likeness (QED) is 0.733. The van der Waals surface area contributed by atoms with Crippen LogP contribution in [0.25, 0.3) is 0 Å². The van der Waals surface area contributed by atoms with Crippen molar-refractivity contribution in [3.05, 3.63) is 23.8 Å². The molecule has 0 aliphatic carbocycles. The smallest absolute Gasteiger partial charge is 0.494 e. The van der Waals surface area contributed by atoms with E-state index in [0.717, 1.165) is 6.07 Å². The molecule has 0 amide bonds. The van der Waals surface area contributed by atoms with Gasteiger partial charge in [-0.1, -0.05) is 23.2 Å². The van der Waals surface area contributed by atoms with Crippen LogP contribution in [0.2, 0.25) is 0 Å². The fourth-order valence-electron chi connectivity index (χ4n) is 1.59. The van der Waals surface area contributed by atoms with Crippen molar-refractivity contribution in [2.75, 3.05) is 13.7 Å². The zero-order chi connectivity index (χ0) is 13.8. The molecule has 0 aliphatic heterocycles. The predicted molar refractivity (Wildman–Crippen MR) is 66.5 cm³/mol. The van der Waals surface area contributed by atoms with Gasteiger partial charge in [-0.2, -0.15) is 0 Å². The molecule has 1 atom stereocenters. The standard InChI is InChI=1S/C12H17BF3O2/c1-9-4-5-12(11(8-9)13(14,15)16)18-10(2)6-7-17-3/h4-5,8,10H,6-7H2,1-3H3/q-1. The molecule has 2 nitrogen and oxygen atoms in total. The highest BCUT2D eigenvalue weighted by molar-refractivity contribution is 6.74. The summed E-state index contributed by atoms with van der Waals surface area (Å²) in [5.74, 6) is -0.100. The van der Waals surface area contributed by atoms with Crippen molar-refractivity contribution in [2.45, 2.75) is 26.4 Å². The molecule has 0 saturated carbocycles. The van der Waals surface area contributed by atoms with Crippen molar-refractivity contribution < 1.29 is 22.4 Å². The van der Waals surface area contributed by atoms with Gasteiger partial charge in [0.25, 0.3) is 0 Å². The molecule has 0 spiro atoms. The summed E-state index contributed by atoms with van der Waals surface area (Å²) in [6, 6.07) is 4.12. The molecule has 0 bridgehead atoms. The van der Waals surface area contributed by atoms with Crippen molar-refractivity contribution in [3.63, 3.8) is 0 Å². The lowest BCUT2D eigenvalue weighted by molar-refractivity contribution is 0.135. The van der Waals surface area contributed by atoms with E-state index in [0.29, 0.717) is 18.6 Å². The van der Waals surface area contributed by atoms with Gasteiger partial charge in [0.05, 0.1) is 11.9 Å². The first-order valence-corrected chi connectivity index (χ1v) is 5.80. The van der Waals surface area contributed by atoms with E-state index in [2.05, 4.69) is 0 Å². The summed E-state index contributed by atoms with van der Waals surface area (Å²) in [5.41, 5.74) is -0.0969. The SMILES string of the molecule is COCCC(C)Oc1ccc(C)cc1[B-](F)(F)F. The van der Waals surface area contributed by atoms with Crippen LogP contribution in [0.5, 0.6) is 5.75 Å². The molecular weight excluding hydrogens is 244 g/mol. The number of rotatable bonds is 6. The van der Waals surface area contributed by atoms with Crippen molar-refractivity contribution >= 4 is 12.4 Å². The second kappa shape index (κ2) is 6.13. The van der Waals surface area contributed by atoms with E-state index in [9.17, 15) is 12.9 Å². The van der Waals surface area contributed by atoms with Crippen molar-refractivity contribution in [1.82, 2.24) is 0 Å². The first kappa shape index (κ1) is 14.9. The minimum atomic E-state index is -5.06. The van der Waals surface area contributed by atoms with E-state index in [4.69, 9.17) is 9.47 Å². The Balaban J connectivity index is 2.88. The number of ether oxygens (including phenoxy) is 2. The number of methoxy groups -OCH3 is 1. The van der Waals surface area contributed by atoms with Gasteiger partial charge < -0.3 is 22.4 Å². The highest BCUT2D eigenvalue weighted by Gasteiger charge is 2.29. The molecule has 0 heterocycles. The van der Waals surface area contributed by atoms with Crippen molar-refractivity contribution in [1.29, 1.82) is 0 Å². The fraction of sp³-hybridized carbons (Fsp3) is 0.500. The van der Waals surface area contributed by atoms with Gasteiger partial charge in [-0.05, 0) is 19.9 Å². The van der Waals surface area contributed by atoms with Crippen LogP contribution in [0.4, 0.5) is 12.9 Å². The molecule has 0 N–H and O–H groups in total. The Hall–Kier alpha value is -1.17. The third-order valence-electron chi connectivity index (χ3n) is 2.57. The van der Waals surface area contributed by atoms with Crippen molar-refractivity contribution in [2.24, 2.45) is 0 Å². The van der Waals surface area contributed by atoms with E-state index < -0.39 is 12.4 Å².